The van der Waals surface area contributed by atoms with Crippen molar-refractivity contribution in [3.8, 4) is 0 Å². The molecular weight excluding hydrogens is 228 g/mol. The third kappa shape index (κ3) is 4.04. The highest BCUT2D eigenvalue weighted by Gasteiger charge is 2.20. The third-order valence-electron chi connectivity index (χ3n) is 3.22. The molecule has 0 aliphatic heterocycles. The molecule has 4 heteroatoms. The molecule has 1 aromatic rings. The van der Waals surface area contributed by atoms with Gasteiger partial charge in [0.15, 0.2) is 0 Å². The number of aliphatic hydroxyl groups is 1. The van der Waals surface area contributed by atoms with Crippen LogP contribution in [0.2, 0.25) is 0 Å². The molecule has 0 saturated heterocycles. The lowest BCUT2D eigenvalue weighted by Gasteiger charge is -2.17. The summed E-state index contributed by atoms with van der Waals surface area (Å²) in [6, 6.07) is 8.94. The minimum absolute atomic E-state index is 0.0972. The number of aliphatic hydroxyl groups excluding tert-OH is 1. The maximum atomic E-state index is 11.7. The molecule has 0 aromatic heterocycles. The molecule has 0 unspecified atom stereocenters. The molecule has 0 bridgehead atoms. The molecule has 2 amide bonds. The van der Waals surface area contributed by atoms with E-state index in [-0.39, 0.29) is 18.7 Å². The van der Waals surface area contributed by atoms with Crippen LogP contribution in [0.3, 0.4) is 0 Å². The van der Waals surface area contributed by atoms with Crippen LogP contribution in [0.1, 0.15) is 30.9 Å². The predicted octanol–water partition coefficient (Wildman–Crippen LogP) is 1.82. The third-order valence-corrected chi connectivity index (χ3v) is 3.22. The molecule has 1 aromatic carbocycles. The van der Waals surface area contributed by atoms with Gasteiger partial charge >= 0.3 is 6.03 Å². The maximum absolute atomic E-state index is 11.7. The predicted molar refractivity (Wildman–Crippen MR) is 70.1 cm³/mol. The fraction of sp³-hybridized carbons (Fsp3) is 0.500. The number of carbonyl (C=O) groups is 1. The SMILES string of the molecule is O=C(NCCC1CC1)N[C@H](CO)c1ccccc1. The summed E-state index contributed by atoms with van der Waals surface area (Å²) in [6.07, 6.45) is 3.65. The lowest BCUT2D eigenvalue weighted by Crippen LogP contribution is -2.39. The number of carbonyl (C=O) groups excluding carboxylic acids is 1. The quantitative estimate of drug-likeness (QED) is 0.719. The monoisotopic (exact) mass is 248 g/mol. The summed E-state index contributed by atoms with van der Waals surface area (Å²) in [5, 5.41) is 14.9. The summed E-state index contributed by atoms with van der Waals surface area (Å²) in [7, 11) is 0. The van der Waals surface area contributed by atoms with Gasteiger partial charge in [-0.05, 0) is 17.9 Å². The molecule has 4 nitrogen and oxygen atoms in total. The molecule has 98 valence electrons. The topological polar surface area (TPSA) is 61.4 Å². The van der Waals surface area contributed by atoms with Crippen molar-refractivity contribution in [3.05, 3.63) is 35.9 Å². The van der Waals surface area contributed by atoms with Gasteiger partial charge < -0.3 is 15.7 Å². The lowest BCUT2D eigenvalue weighted by molar-refractivity contribution is 0.217. The Morgan fingerprint density at radius 3 is 2.67 bits per heavy atom. The number of benzene rings is 1. The van der Waals surface area contributed by atoms with Crippen LogP contribution in [0.4, 0.5) is 4.79 Å². The van der Waals surface area contributed by atoms with E-state index >= 15 is 0 Å². The Morgan fingerprint density at radius 2 is 2.06 bits per heavy atom. The number of urea groups is 1. The average molecular weight is 248 g/mol. The molecule has 0 radical (unpaired) electrons. The van der Waals surface area contributed by atoms with E-state index in [9.17, 15) is 9.90 Å². The van der Waals surface area contributed by atoms with E-state index in [0.29, 0.717) is 6.54 Å². The van der Waals surface area contributed by atoms with Crippen molar-refractivity contribution in [2.24, 2.45) is 5.92 Å². The van der Waals surface area contributed by atoms with Gasteiger partial charge in [-0.3, -0.25) is 0 Å². The van der Waals surface area contributed by atoms with Gasteiger partial charge in [-0.1, -0.05) is 43.2 Å². The molecule has 1 atom stereocenters. The van der Waals surface area contributed by atoms with Crippen molar-refractivity contribution < 1.29 is 9.90 Å². The molecule has 1 fully saturated rings. The van der Waals surface area contributed by atoms with Crippen LogP contribution in [0.15, 0.2) is 30.3 Å². The zero-order chi connectivity index (χ0) is 12.8. The molecule has 18 heavy (non-hydrogen) atoms. The normalized spacial score (nSPS) is 16.1. The van der Waals surface area contributed by atoms with Gasteiger partial charge in [0.1, 0.15) is 0 Å². The number of hydrogen-bond donors (Lipinski definition) is 3. The van der Waals surface area contributed by atoms with Crippen LogP contribution in [0.25, 0.3) is 0 Å². The highest BCUT2D eigenvalue weighted by atomic mass is 16.3. The van der Waals surface area contributed by atoms with Gasteiger partial charge in [-0.25, -0.2) is 4.79 Å². The number of nitrogens with one attached hydrogen (secondary N) is 2. The van der Waals surface area contributed by atoms with Gasteiger partial charge in [0, 0.05) is 6.54 Å². The first-order valence-corrected chi connectivity index (χ1v) is 6.49. The van der Waals surface area contributed by atoms with E-state index < -0.39 is 0 Å². The fourth-order valence-electron chi connectivity index (χ4n) is 1.93. The van der Waals surface area contributed by atoms with Crippen LogP contribution in [0.5, 0.6) is 0 Å². The number of hydrogen-bond acceptors (Lipinski definition) is 2. The van der Waals surface area contributed by atoms with E-state index in [4.69, 9.17) is 0 Å². The standard InChI is InChI=1S/C14H20N2O2/c17-10-13(12-4-2-1-3-5-12)16-14(18)15-9-8-11-6-7-11/h1-5,11,13,17H,6-10H2,(H2,15,16,18)/t13-/m1/s1. The van der Waals surface area contributed by atoms with E-state index in [1.807, 2.05) is 30.3 Å². The van der Waals surface area contributed by atoms with Crippen LogP contribution in [0, 0.1) is 5.92 Å². The zero-order valence-electron chi connectivity index (χ0n) is 10.4. The van der Waals surface area contributed by atoms with Gasteiger partial charge in [-0.2, -0.15) is 0 Å². The van der Waals surface area contributed by atoms with Crippen molar-refractivity contribution >= 4 is 6.03 Å². The van der Waals surface area contributed by atoms with Crippen LogP contribution in [-0.4, -0.2) is 24.3 Å². The molecule has 1 aliphatic rings. The highest BCUT2D eigenvalue weighted by Crippen LogP contribution is 2.31. The second kappa shape index (κ2) is 6.40. The van der Waals surface area contributed by atoms with Crippen molar-refractivity contribution in [2.75, 3.05) is 13.2 Å². The molecule has 1 saturated carbocycles. The summed E-state index contributed by atoms with van der Waals surface area (Å²) in [5.41, 5.74) is 0.914. The smallest absolute Gasteiger partial charge is 0.315 e. The minimum Gasteiger partial charge on any atom is -0.394 e. The van der Waals surface area contributed by atoms with Crippen molar-refractivity contribution in [1.29, 1.82) is 0 Å². The second-order valence-corrected chi connectivity index (χ2v) is 4.78. The molecule has 3 N–H and O–H groups in total. The van der Waals surface area contributed by atoms with Crippen molar-refractivity contribution in [1.82, 2.24) is 10.6 Å². The Hall–Kier alpha value is -1.55. The van der Waals surface area contributed by atoms with Gasteiger partial charge in [0.2, 0.25) is 0 Å². The summed E-state index contributed by atoms with van der Waals surface area (Å²) < 4.78 is 0. The van der Waals surface area contributed by atoms with Crippen LogP contribution < -0.4 is 10.6 Å². The van der Waals surface area contributed by atoms with Gasteiger partial charge in [-0.15, -0.1) is 0 Å². The highest BCUT2D eigenvalue weighted by molar-refractivity contribution is 5.74. The van der Waals surface area contributed by atoms with E-state index in [2.05, 4.69) is 10.6 Å². The zero-order valence-corrected chi connectivity index (χ0v) is 10.4. The Balaban J connectivity index is 1.76. The second-order valence-electron chi connectivity index (χ2n) is 4.78. The van der Waals surface area contributed by atoms with Crippen molar-refractivity contribution in [2.45, 2.75) is 25.3 Å². The molecule has 1 aliphatic carbocycles. The number of rotatable bonds is 6. The molecule has 2 rings (SSSR count). The van der Waals surface area contributed by atoms with E-state index in [1.165, 1.54) is 12.8 Å². The van der Waals surface area contributed by atoms with Crippen LogP contribution in [-0.2, 0) is 0 Å². The van der Waals surface area contributed by atoms with Gasteiger partial charge in [0.25, 0.3) is 0 Å². The summed E-state index contributed by atoms with van der Waals surface area (Å²) in [6.45, 7) is 0.615. The largest absolute Gasteiger partial charge is 0.394 e. The first-order valence-electron chi connectivity index (χ1n) is 6.49. The summed E-state index contributed by atoms with van der Waals surface area (Å²) >= 11 is 0. The lowest BCUT2D eigenvalue weighted by atomic mass is 10.1. The average Bonchev–Trinajstić information content (AvgIpc) is 3.21. The Morgan fingerprint density at radius 1 is 1.33 bits per heavy atom. The van der Waals surface area contributed by atoms with E-state index in [0.717, 1.165) is 17.9 Å². The Labute approximate surface area is 107 Å². The van der Waals surface area contributed by atoms with E-state index in [1.54, 1.807) is 0 Å². The minimum atomic E-state index is -0.341. The fourth-order valence-corrected chi connectivity index (χ4v) is 1.93. The summed E-state index contributed by atoms with van der Waals surface area (Å²) in [4.78, 5) is 11.7. The van der Waals surface area contributed by atoms with Gasteiger partial charge in [0.05, 0.1) is 12.6 Å². The van der Waals surface area contributed by atoms with Crippen LogP contribution >= 0.6 is 0 Å². The molecular formula is C14H20N2O2. The Bertz CT molecular complexity index is 377. The first-order chi connectivity index (χ1) is 8.79. The Kier molecular flexibility index (Phi) is 4.59. The first kappa shape index (κ1) is 12.9. The summed E-state index contributed by atoms with van der Waals surface area (Å²) in [5.74, 6) is 0.813. The molecule has 0 heterocycles. The van der Waals surface area contributed by atoms with Crippen molar-refractivity contribution in [3.63, 3.8) is 0 Å². The number of amides is 2. The maximum Gasteiger partial charge on any atom is 0.315 e. The molecule has 0 spiro atoms.